The molecule has 2 aromatic carbocycles. The van der Waals surface area contributed by atoms with E-state index in [0.29, 0.717) is 0 Å². The second-order valence-corrected chi connectivity index (χ2v) is 4.73. The van der Waals surface area contributed by atoms with Gasteiger partial charge in [-0.25, -0.2) is 0 Å². The molecule has 0 saturated heterocycles. The van der Waals surface area contributed by atoms with Gasteiger partial charge >= 0.3 is 0 Å². The van der Waals surface area contributed by atoms with E-state index in [4.69, 9.17) is 4.42 Å². The van der Waals surface area contributed by atoms with Crippen LogP contribution in [0.2, 0.25) is 0 Å². The van der Waals surface area contributed by atoms with Crippen LogP contribution >= 0.6 is 0 Å². The minimum atomic E-state index is 0.0754. The highest BCUT2D eigenvalue weighted by molar-refractivity contribution is 5.27. The second kappa shape index (κ2) is 6.22. The van der Waals surface area contributed by atoms with Crippen LogP contribution in [-0.4, -0.2) is 0 Å². The Hall–Kier alpha value is -2.32. The summed E-state index contributed by atoms with van der Waals surface area (Å²) >= 11 is 0. The molecular weight excluding hydrogens is 246 g/mol. The summed E-state index contributed by atoms with van der Waals surface area (Å²) in [6, 6.07) is 24.8. The van der Waals surface area contributed by atoms with Gasteiger partial charge in [0, 0.05) is 6.54 Å². The maximum absolute atomic E-state index is 5.58. The topological polar surface area (TPSA) is 25.2 Å². The molecule has 1 N–H and O–H groups in total. The van der Waals surface area contributed by atoms with E-state index >= 15 is 0 Å². The minimum Gasteiger partial charge on any atom is -0.467 e. The van der Waals surface area contributed by atoms with E-state index in [1.165, 1.54) is 11.1 Å². The molecule has 0 amide bonds. The Labute approximate surface area is 119 Å². The van der Waals surface area contributed by atoms with Crippen LogP contribution in [0.3, 0.4) is 0 Å². The fourth-order valence-corrected chi connectivity index (χ4v) is 2.30. The van der Waals surface area contributed by atoms with Gasteiger partial charge in [-0.1, -0.05) is 60.7 Å². The molecule has 0 radical (unpaired) electrons. The van der Waals surface area contributed by atoms with E-state index in [2.05, 4.69) is 53.8 Å². The third-order valence-electron chi connectivity index (χ3n) is 3.31. The van der Waals surface area contributed by atoms with Gasteiger partial charge in [0.05, 0.1) is 12.3 Å². The SMILES string of the molecule is c1ccc(CNC(c2ccccc2)c2ccco2)cc1. The van der Waals surface area contributed by atoms with Crippen molar-refractivity contribution in [1.29, 1.82) is 0 Å². The Morgan fingerprint density at radius 2 is 1.50 bits per heavy atom. The Bertz CT molecular complexity index is 617. The Morgan fingerprint density at radius 1 is 0.800 bits per heavy atom. The molecule has 1 unspecified atom stereocenters. The first-order valence-corrected chi connectivity index (χ1v) is 6.79. The molecular formula is C18H17NO. The van der Waals surface area contributed by atoms with Gasteiger partial charge in [-0.15, -0.1) is 0 Å². The number of rotatable bonds is 5. The summed E-state index contributed by atoms with van der Waals surface area (Å²) in [5.74, 6) is 0.937. The van der Waals surface area contributed by atoms with Crippen molar-refractivity contribution in [2.24, 2.45) is 0 Å². The molecule has 1 atom stereocenters. The van der Waals surface area contributed by atoms with Gasteiger partial charge in [0.1, 0.15) is 5.76 Å². The highest BCUT2D eigenvalue weighted by Gasteiger charge is 2.15. The smallest absolute Gasteiger partial charge is 0.125 e. The van der Waals surface area contributed by atoms with Crippen LogP contribution in [-0.2, 0) is 6.54 Å². The molecule has 1 aromatic heterocycles. The van der Waals surface area contributed by atoms with E-state index in [1.807, 2.05) is 24.3 Å². The zero-order valence-electron chi connectivity index (χ0n) is 11.2. The Balaban J connectivity index is 1.80. The van der Waals surface area contributed by atoms with Crippen molar-refractivity contribution >= 4 is 0 Å². The minimum absolute atomic E-state index is 0.0754. The van der Waals surface area contributed by atoms with Gasteiger partial charge in [-0.3, -0.25) is 5.32 Å². The summed E-state index contributed by atoms with van der Waals surface area (Å²) in [6.07, 6.45) is 1.72. The molecule has 1 heterocycles. The van der Waals surface area contributed by atoms with Crippen LogP contribution in [0.15, 0.2) is 83.5 Å². The molecule has 3 rings (SSSR count). The number of benzene rings is 2. The molecule has 3 aromatic rings. The second-order valence-electron chi connectivity index (χ2n) is 4.73. The average molecular weight is 263 g/mol. The zero-order chi connectivity index (χ0) is 13.6. The molecule has 0 aliphatic carbocycles. The predicted octanol–water partition coefficient (Wildman–Crippen LogP) is 4.16. The van der Waals surface area contributed by atoms with Crippen LogP contribution in [0.1, 0.15) is 22.9 Å². The van der Waals surface area contributed by atoms with Crippen molar-refractivity contribution in [3.8, 4) is 0 Å². The van der Waals surface area contributed by atoms with Crippen molar-refractivity contribution in [2.75, 3.05) is 0 Å². The van der Waals surface area contributed by atoms with Gasteiger partial charge in [0.25, 0.3) is 0 Å². The van der Waals surface area contributed by atoms with E-state index in [1.54, 1.807) is 6.26 Å². The lowest BCUT2D eigenvalue weighted by molar-refractivity contribution is 0.446. The van der Waals surface area contributed by atoms with Crippen molar-refractivity contribution in [1.82, 2.24) is 5.32 Å². The maximum Gasteiger partial charge on any atom is 0.125 e. The van der Waals surface area contributed by atoms with Gasteiger partial charge in [0.2, 0.25) is 0 Å². The fourth-order valence-electron chi connectivity index (χ4n) is 2.30. The van der Waals surface area contributed by atoms with Crippen LogP contribution in [0.4, 0.5) is 0 Å². The first-order valence-electron chi connectivity index (χ1n) is 6.79. The molecule has 100 valence electrons. The normalized spacial score (nSPS) is 12.2. The summed E-state index contributed by atoms with van der Waals surface area (Å²) < 4.78 is 5.58. The monoisotopic (exact) mass is 263 g/mol. The average Bonchev–Trinajstić information content (AvgIpc) is 3.04. The number of hydrogen-bond donors (Lipinski definition) is 1. The Kier molecular flexibility index (Phi) is 3.95. The molecule has 0 saturated carbocycles. The molecule has 0 aliphatic rings. The molecule has 0 aliphatic heterocycles. The van der Waals surface area contributed by atoms with Crippen LogP contribution in [0.5, 0.6) is 0 Å². The van der Waals surface area contributed by atoms with Crippen LogP contribution in [0.25, 0.3) is 0 Å². The summed E-state index contributed by atoms with van der Waals surface area (Å²) in [6.45, 7) is 0.807. The summed E-state index contributed by atoms with van der Waals surface area (Å²) in [7, 11) is 0. The van der Waals surface area contributed by atoms with Gasteiger partial charge in [-0.05, 0) is 23.3 Å². The summed E-state index contributed by atoms with van der Waals surface area (Å²) in [5, 5.41) is 3.56. The van der Waals surface area contributed by atoms with Gasteiger partial charge in [-0.2, -0.15) is 0 Å². The quantitative estimate of drug-likeness (QED) is 0.747. The largest absolute Gasteiger partial charge is 0.467 e. The number of nitrogens with one attached hydrogen (secondary N) is 1. The van der Waals surface area contributed by atoms with Crippen LogP contribution < -0.4 is 5.32 Å². The first kappa shape index (κ1) is 12.7. The lowest BCUT2D eigenvalue weighted by atomic mass is 10.0. The number of furan rings is 1. The van der Waals surface area contributed by atoms with Crippen molar-refractivity contribution < 1.29 is 4.42 Å². The summed E-state index contributed by atoms with van der Waals surface area (Å²) in [5.41, 5.74) is 2.47. The predicted molar refractivity (Wildman–Crippen MR) is 80.3 cm³/mol. The van der Waals surface area contributed by atoms with Crippen LogP contribution in [0, 0.1) is 0 Å². The standard InChI is InChI=1S/C18H17NO/c1-3-8-15(9-4-1)14-19-18(17-12-7-13-20-17)16-10-5-2-6-11-16/h1-13,18-19H,14H2. The molecule has 0 fully saturated rings. The van der Waals surface area contributed by atoms with E-state index in [9.17, 15) is 0 Å². The van der Waals surface area contributed by atoms with Gasteiger partial charge < -0.3 is 4.42 Å². The first-order chi connectivity index (χ1) is 9.93. The van der Waals surface area contributed by atoms with E-state index < -0.39 is 0 Å². The van der Waals surface area contributed by atoms with Gasteiger partial charge in [0.15, 0.2) is 0 Å². The third-order valence-corrected chi connectivity index (χ3v) is 3.31. The molecule has 20 heavy (non-hydrogen) atoms. The van der Waals surface area contributed by atoms with Crippen molar-refractivity contribution in [3.05, 3.63) is 95.9 Å². The molecule has 2 nitrogen and oxygen atoms in total. The molecule has 0 bridgehead atoms. The fraction of sp³-hybridized carbons (Fsp3) is 0.111. The zero-order valence-corrected chi connectivity index (χ0v) is 11.2. The lowest BCUT2D eigenvalue weighted by Crippen LogP contribution is -2.21. The Morgan fingerprint density at radius 3 is 2.15 bits per heavy atom. The van der Waals surface area contributed by atoms with E-state index in [0.717, 1.165) is 12.3 Å². The third kappa shape index (κ3) is 2.98. The lowest BCUT2D eigenvalue weighted by Gasteiger charge is -2.17. The van der Waals surface area contributed by atoms with E-state index in [-0.39, 0.29) is 6.04 Å². The highest BCUT2D eigenvalue weighted by Crippen LogP contribution is 2.22. The highest BCUT2D eigenvalue weighted by atomic mass is 16.3. The molecule has 2 heteroatoms. The van der Waals surface area contributed by atoms with Crippen molar-refractivity contribution in [3.63, 3.8) is 0 Å². The van der Waals surface area contributed by atoms with Crippen molar-refractivity contribution in [2.45, 2.75) is 12.6 Å². The number of hydrogen-bond acceptors (Lipinski definition) is 2. The maximum atomic E-state index is 5.58. The summed E-state index contributed by atoms with van der Waals surface area (Å²) in [4.78, 5) is 0. The molecule has 0 spiro atoms.